The molecule has 25 heavy (non-hydrogen) atoms. The van der Waals surface area contributed by atoms with Gasteiger partial charge in [0, 0.05) is 19.1 Å². The third kappa shape index (κ3) is 4.07. The highest BCUT2D eigenvalue weighted by Gasteiger charge is 2.38. The number of amides is 1. The summed E-state index contributed by atoms with van der Waals surface area (Å²) in [4.78, 5) is 17.8. The molecule has 9 heteroatoms. The number of imidazole rings is 1. The van der Waals surface area contributed by atoms with Crippen LogP contribution in [0.25, 0.3) is 11.0 Å². The van der Waals surface area contributed by atoms with Gasteiger partial charge in [0.15, 0.2) is 0 Å². The van der Waals surface area contributed by atoms with E-state index in [2.05, 4.69) is 10.3 Å². The first-order chi connectivity index (χ1) is 11.4. The number of likely N-dealkylation sites (N-methyl/N-ethyl adjacent to an activating group) is 1. The topological polar surface area (TPSA) is 50.2 Å². The lowest BCUT2D eigenvalue weighted by Gasteiger charge is -2.32. The lowest BCUT2D eigenvalue weighted by Crippen LogP contribution is -2.48. The van der Waals surface area contributed by atoms with Crippen molar-refractivity contribution in [1.29, 1.82) is 0 Å². The van der Waals surface area contributed by atoms with E-state index >= 15 is 0 Å². The van der Waals surface area contributed by atoms with Gasteiger partial charge < -0.3 is 14.8 Å². The number of piperidine rings is 1. The van der Waals surface area contributed by atoms with Crippen LogP contribution < -0.4 is 5.32 Å². The standard InChI is InChI=1S/C16H19F3N4O.ClH/c1-20-11-5-4-8-22(9-11)14(24)10-23-13-7-3-2-6-12(13)21-15(23)16(17,18)19;/h2-3,6-7,11,20H,4-5,8-10H2,1H3;1H. The summed E-state index contributed by atoms with van der Waals surface area (Å²) in [5, 5.41) is 3.12. The third-order valence-corrected chi connectivity index (χ3v) is 4.38. The Labute approximate surface area is 149 Å². The maximum atomic E-state index is 13.3. The highest BCUT2D eigenvalue weighted by molar-refractivity contribution is 5.85. The van der Waals surface area contributed by atoms with Gasteiger partial charge in [-0.1, -0.05) is 12.1 Å². The molecule has 0 bridgehead atoms. The highest BCUT2D eigenvalue weighted by Crippen LogP contribution is 2.31. The summed E-state index contributed by atoms with van der Waals surface area (Å²) >= 11 is 0. The average molecular weight is 377 g/mol. The highest BCUT2D eigenvalue weighted by atomic mass is 35.5. The monoisotopic (exact) mass is 376 g/mol. The van der Waals surface area contributed by atoms with Gasteiger partial charge in [-0.05, 0) is 32.0 Å². The van der Waals surface area contributed by atoms with Crippen molar-refractivity contribution in [1.82, 2.24) is 19.8 Å². The van der Waals surface area contributed by atoms with Gasteiger partial charge in [0.05, 0.1) is 11.0 Å². The number of carbonyl (C=O) groups excluding carboxylic acids is 1. The van der Waals surface area contributed by atoms with E-state index in [0.29, 0.717) is 18.6 Å². The quantitative estimate of drug-likeness (QED) is 0.896. The van der Waals surface area contributed by atoms with Crippen molar-refractivity contribution < 1.29 is 18.0 Å². The van der Waals surface area contributed by atoms with E-state index in [9.17, 15) is 18.0 Å². The van der Waals surface area contributed by atoms with Crippen molar-refractivity contribution in [3.05, 3.63) is 30.1 Å². The fourth-order valence-corrected chi connectivity index (χ4v) is 3.13. The molecule has 138 valence electrons. The largest absolute Gasteiger partial charge is 0.449 e. The fourth-order valence-electron chi connectivity index (χ4n) is 3.13. The molecular formula is C16H20ClF3N4O. The fraction of sp³-hybridized carbons (Fsp3) is 0.500. The summed E-state index contributed by atoms with van der Waals surface area (Å²) in [6.07, 6.45) is -2.80. The molecule has 1 aromatic heterocycles. The maximum Gasteiger partial charge on any atom is 0.449 e. The summed E-state index contributed by atoms with van der Waals surface area (Å²) in [5.74, 6) is -1.34. The lowest BCUT2D eigenvalue weighted by molar-refractivity contribution is -0.148. The number of benzene rings is 1. The number of para-hydroxylation sites is 2. The number of alkyl halides is 3. The Hall–Kier alpha value is -1.80. The molecule has 2 heterocycles. The third-order valence-electron chi connectivity index (χ3n) is 4.38. The molecule has 1 aromatic carbocycles. The summed E-state index contributed by atoms with van der Waals surface area (Å²) in [6.45, 7) is 0.736. The zero-order valence-corrected chi connectivity index (χ0v) is 14.5. The van der Waals surface area contributed by atoms with Gasteiger partial charge in [0.2, 0.25) is 11.7 Å². The first kappa shape index (κ1) is 19.5. The molecule has 0 aliphatic carbocycles. The molecule has 3 rings (SSSR count). The molecule has 0 saturated carbocycles. The molecule has 2 aromatic rings. The van der Waals surface area contributed by atoms with E-state index < -0.39 is 12.0 Å². The molecule has 1 atom stereocenters. The van der Waals surface area contributed by atoms with Crippen molar-refractivity contribution in [3.63, 3.8) is 0 Å². The van der Waals surface area contributed by atoms with Gasteiger partial charge in [0.25, 0.3) is 0 Å². The van der Waals surface area contributed by atoms with Gasteiger partial charge in [-0.15, -0.1) is 12.4 Å². The van der Waals surface area contributed by atoms with E-state index in [0.717, 1.165) is 17.4 Å². The van der Waals surface area contributed by atoms with E-state index in [1.165, 1.54) is 6.07 Å². The number of carbonyl (C=O) groups is 1. The van der Waals surface area contributed by atoms with Crippen LogP contribution in [0.3, 0.4) is 0 Å². The van der Waals surface area contributed by atoms with Crippen LogP contribution in [0.4, 0.5) is 13.2 Å². The van der Waals surface area contributed by atoms with Crippen LogP contribution in [0.15, 0.2) is 24.3 Å². The SMILES string of the molecule is CNC1CCCN(C(=O)Cn2c(C(F)(F)F)nc3ccccc32)C1.Cl. The maximum absolute atomic E-state index is 13.3. The number of nitrogens with one attached hydrogen (secondary N) is 1. The Balaban J connectivity index is 0.00000225. The van der Waals surface area contributed by atoms with E-state index in [1.807, 2.05) is 7.05 Å². The van der Waals surface area contributed by atoms with Crippen molar-refractivity contribution in [3.8, 4) is 0 Å². The van der Waals surface area contributed by atoms with Crippen LogP contribution in [-0.4, -0.2) is 46.5 Å². The Kier molecular flexibility index (Phi) is 5.95. The first-order valence-electron chi connectivity index (χ1n) is 7.87. The van der Waals surface area contributed by atoms with Gasteiger partial charge in [-0.2, -0.15) is 13.2 Å². The number of nitrogens with zero attached hydrogens (tertiary/aromatic N) is 3. The zero-order valence-electron chi connectivity index (χ0n) is 13.7. The second-order valence-corrected chi connectivity index (χ2v) is 5.98. The number of rotatable bonds is 3. The normalized spacial score (nSPS) is 18.2. The van der Waals surface area contributed by atoms with Gasteiger partial charge in [0.1, 0.15) is 6.54 Å². The van der Waals surface area contributed by atoms with Gasteiger partial charge >= 0.3 is 6.18 Å². The van der Waals surface area contributed by atoms with Crippen molar-refractivity contribution in [2.45, 2.75) is 31.6 Å². The molecule has 1 saturated heterocycles. The number of aromatic nitrogens is 2. The van der Waals surface area contributed by atoms with Crippen LogP contribution in [0.1, 0.15) is 18.7 Å². The molecule has 1 unspecified atom stereocenters. The predicted molar refractivity (Wildman–Crippen MR) is 90.6 cm³/mol. The number of fused-ring (bicyclic) bond motifs is 1. The molecular weight excluding hydrogens is 357 g/mol. The number of hydrogen-bond donors (Lipinski definition) is 1. The lowest BCUT2D eigenvalue weighted by atomic mass is 10.1. The minimum absolute atomic E-state index is 0. The Morgan fingerprint density at radius 3 is 2.76 bits per heavy atom. The van der Waals surface area contributed by atoms with Crippen LogP contribution in [-0.2, 0) is 17.5 Å². The first-order valence-corrected chi connectivity index (χ1v) is 7.87. The molecule has 1 fully saturated rings. The molecule has 1 N–H and O–H groups in total. The molecule has 1 aliphatic rings. The zero-order chi connectivity index (χ0) is 17.3. The van der Waals surface area contributed by atoms with Crippen LogP contribution in [0, 0.1) is 0 Å². The number of hydrogen-bond acceptors (Lipinski definition) is 3. The molecule has 1 aliphatic heterocycles. The van der Waals surface area contributed by atoms with Crippen LogP contribution >= 0.6 is 12.4 Å². The van der Waals surface area contributed by atoms with Gasteiger partial charge in [-0.25, -0.2) is 4.98 Å². The Morgan fingerprint density at radius 2 is 2.08 bits per heavy atom. The summed E-state index contributed by atoms with van der Waals surface area (Å²) in [7, 11) is 1.82. The molecule has 0 spiro atoms. The molecule has 0 radical (unpaired) electrons. The molecule has 1 amide bonds. The van der Waals surface area contributed by atoms with Gasteiger partial charge in [-0.3, -0.25) is 4.79 Å². The van der Waals surface area contributed by atoms with Crippen LogP contribution in [0.2, 0.25) is 0 Å². The smallest absolute Gasteiger partial charge is 0.340 e. The Bertz CT molecular complexity index is 747. The van der Waals surface area contributed by atoms with Crippen LogP contribution in [0.5, 0.6) is 0 Å². The van der Waals surface area contributed by atoms with E-state index in [4.69, 9.17) is 0 Å². The van der Waals surface area contributed by atoms with Crippen molar-refractivity contribution in [2.75, 3.05) is 20.1 Å². The average Bonchev–Trinajstić information content (AvgIpc) is 2.94. The predicted octanol–water partition coefficient (Wildman–Crippen LogP) is 2.69. The van der Waals surface area contributed by atoms with E-state index in [-0.39, 0.29) is 36.4 Å². The second-order valence-electron chi connectivity index (χ2n) is 5.98. The van der Waals surface area contributed by atoms with Crippen molar-refractivity contribution >= 4 is 29.3 Å². The Morgan fingerprint density at radius 1 is 1.36 bits per heavy atom. The van der Waals surface area contributed by atoms with E-state index in [1.54, 1.807) is 23.1 Å². The minimum atomic E-state index is -4.60. The number of halogens is 4. The minimum Gasteiger partial charge on any atom is -0.340 e. The molecule has 5 nitrogen and oxygen atoms in total. The summed E-state index contributed by atoms with van der Waals surface area (Å²) < 4.78 is 40.8. The summed E-state index contributed by atoms with van der Waals surface area (Å²) in [6, 6.07) is 6.53. The summed E-state index contributed by atoms with van der Waals surface area (Å²) in [5.41, 5.74) is 0.560. The number of likely N-dealkylation sites (tertiary alicyclic amines) is 1. The second kappa shape index (κ2) is 7.61. The van der Waals surface area contributed by atoms with Crippen molar-refractivity contribution in [2.24, 2.45) is 0 Å².